The minimum Gasteiger partial charge on any atom is -0.392 e. The van der Waals surface area contributed by atoms with E-state index in [-0.39, 0.29) is 29.7 Å². The number of rotatable bonds is 6. The predicted molar refractivity (Wildman–Crippen MR) is 125 cm³/mol. The van der Waals surface area contributed by atoms with Gasteiger partial charge in [0.2, 0.25) is 5.95 Å². The second-order valence-corrected chi connectivity index (χ2v) is 7.66. The molecule has 178 valence electrons. The Morgan fingerprint density at radius 3 is 2.49 bits per heavy atom. The quantitative estimate of drug-likeness (QED) is 0.345. The maximum absolute atomic E-state index is 13.5. The zero-order valence-corrected chi connectivity index (χ0v) is 18.5. The molecule has 2 heterocycles. The first-order valence-corrected chi connectivity index (χ1v) is 10.5. The third kappa shape index (κ3) is 5.61. The summed E-state index contributed by atoms with van der Waals surface area (Å²) in [6.45, 7) is 1.70. The van der Waals surface area contributed by atoms with Crippen molar-refractivity contribution in [2.75, 3.05) is 10.6 Å². The van der Waals surface area contributed by atoms with Crippen LogP contribution in [-0.4, -0.2) is 26.0 Å². The summed E-state index contributed by atoms with van der Waals surface area (Å²) in [5, 5.41) is 15.0. The molecule has 7 nitrogen and oxygen atoms in total. The summed E-state index contributed by atoms with van der Waals surface area (Å²) in [5.74, 6) is -0.384. The van der Waals surface area contributed by atoms with E-state index < -0.39 is 11.7 Å². The highest BCUT2D eigenvalue weighted by Gasteiger charge is 2.35. The summed E-state index contributed by atoms with van der Waals surface area (Å²) in [6, 6.07) is 14.6. The normalized spacial score (nSPS) is 11.2. The fraction of sp³-hybridized carbons (Fsp3) is 0.120. The zero-order valence-electron chi connectivity index (χ0n) is 18.5. The number of aliphatic hydroxyl groups excluding tert-OH is 1. The van der Waals surface area contributed by atoms with Crippen molar-refractivity contribution in [3.05, 3.63) is 95.4 Å². The van der Waals surface area contributed by atoms with Crippen LogP contribution in [0.1, 0.15) is 27.0 Å². The van der Waals surface area contributed by atoms with Crippen LogP contribution >= 0.6 is 0 Å². The lowest BCUT2D eigenvalue weighted by Crippen LogP contribution is -2.13. The van der Waals surface area contributed by atoms with Gasteiger partial charge >= 0.3 is 6.18 Å². The summed E-state index contributed by atoms with van der Waals surface area (Å²) in [6.07, 6.45) is -1.15. The molecule has 1 amide bonds. The average molecular weight is 479 g/mol. The number of hydrogen-bond acceptors (Lipinski definition) is 6. The van der Waals surface area contributed by atoms with E-state index >= 15 is 0 Å². The average Bonchev–Trinajstić information content (AvgIpc) is 2.85. The Morgan fingerprint density at radius 1 is 1.06 bits per heavy atom. The second kappa shape index (κ2) is 9.90. The monoisotopic (exact) mass is 479 g/mol. The first-order chi connectivity index (χ1) is 16.7. The Bertz CT molecular complexity index is 1340. The molecule has 0 fully saturated rings. The van der Waals surface area contributed by atoms with E-state index in [1.54, 1.807) is 42.5 Å². The predicted octanol–water partition coefficient (Wildman–Crippen LogP) is 5.35. The van der Waals surface area contributed by atoms with Crippen LogP contribution in [0, 0.1) is 6.92 Å². The third-order valence-corrected chi connectivity index (χ3v) is 5.17. The lowest BCUT2D eigenvalue weighted by molar-refractivity contribution is -0.137. The number of halogens is 3. The molecule has 0 aliphatic heterocycles. The summed E-state index contributed by atoms with van der Waals surface area (Å²) in [7, 11) is 0. The van der Waals surface area contributed by atoms with Crippen molar-refractivity contribution >= 4 is 23.2 Å². The molecular formula is C25H20F3N5O2. The van der Waals surface area contributed by atoms with Gasteiger partial charge in [-0.05, 0) is 60.5 Å². The Labute approximate surface area is 198 Å². The Hall–Kier alpha value is -4.31. The molecule has 4 rings (SSSR count). The lowest BCUT2D eigenvalue weighted by atomic mass is 10.1. The summed E-state index contributed by atoms with van der Waals surface area (Å²) in [5.41, 5.74) is 1.90. The number of amides is 1. The van der Waals surface area contributed by atoms with E-state index in [4.69, 9.17) is 0 Å². The van der Waals surface area contributed by atoms with Crippen LogP contribution in [0.3, 0.4) is 0 Å². The number of nitrogens with zero attached hydrogens (tertiary/aromatic N) is 3. The van der Waals surface area contributed by atoms with E-state index in [9.17, 15) is 23.1 Å². The van der Waals surface area contributed by atoms with Gasteiger partial charge in [-0.15, -0.1) is 0 Å². The van der Waals surface area contributed by atoms with Crippen molar-refractivity contribution in [1.82, 2.24) is 15.0 Å². The van der Waals surface area contributed by atoms with Gasteiger partial charge in [0.15, 0.2) is 0 Å². The molecule has 10 heteroatoms. The van der Waals surface area contributed by atoms with Gasteiger partial charge in [-0.3, -0.25) is 9.78 Å². The highest BCUT2D eigenvalue weighted by Crippen LogP contribution is 2.36. The summed E-state index contributed by atoms with van der Waals surface area (Å²) < 4.78 is 40.4. The van der Waals surface area contributed by atoms with Crippen molar-refractivity contribution in [2.24, 2.45) is 0 Å². The number of anilines is 3. The van der Waals surface area contributed by atoms with E-state index in [1.807, 2.05) is 6.92 Å². The Balaban J connectivity index is 1.53. The van der Waals surface area contributed by atoms with E-state index in [1.165, 1.54) is 24.5 Å². The van der Waals surface area contributed by atoms with Crippen molar-refractivity contribution < 1.29 is 23.1 Å². The van der Waals surface area contributed by atoms with Crippen molar-refractivity contribution in [3.63, 3.8) is 0 Å². The molecule has 0 aliphatic rings. The molecule has 0 unspecified atom stereocenters. The highest BCUT2D eigenvalue weighted by molar-refractivity contribution is 6.04. The van der Waals surface area contributed by atoms with Gasteiger partial charge < -0.3 is 15.7 Å². The van der Waals surface area contributed by atoms with Gasteiger partial charge in [0, 0.05) is 41.1 Å². The Kier molecular flexibility index (Phi) is 6.74. The number of pyridine rings is 1. The minimum atomic E-state index is -4.63. The largest absolute Gasteiger partial charge is 0.419 e. The molecule has 0 bridgehead atoms. The summed E-state index contributed by atoms with van der Waals surface area (Å²) >= 11 is 0. The van der Waals surface area contributed by atoms with Crippen LogP contribution in [0.25, 0.3) is 11.3 Å². The minimum absolute atomic E-state index is 0.0366. The SMILES string of the molecule is Cc1ccc(CO)cc1NC(=O)c1ccc(Nc2ncc(C(F)(F)F)c(-c3cccnc3)n2)cc1. The number of benzene rings is 2. The van der Waals surface area contributed by atoms with Gasteiger partial charge in [0.05, 0.1) is 12.3 Å². The smallest absolute Gasteiger partial charge is 0.392 e. The third-order valence-electron chi connectivity index (χ3n) is 5.17. The molecule has 0 saturated heterocycles. The first-order valence-electron chi connectivity index (χ1n) is 10.5. The number of nitrogens with one attached hydrogen (secondary N) is 2. The van der Waals surface area contributed by atoms with Gasteiger partial charge in [0.25, 0.3) is 5.91 Å². The molecule has 0 radical (unpaired) electrons. The number of alkyl halides is 3. The summed E-state index contributed by atoms with van der Waals surface area (Å²) in [4.78, 5) is 24.4. The van der Waals surface area contributed by atoms with Gasteiger partial charge in [-0.1, -0.05) is 12.1 Å². The fourth-order valence-corrected chi connectivity index (χ4v) is 3.30. The Morgan fingerprint density at radius 2 is 1.83 bits per heavy atom. The molecule has 2 aromatic carbocycles. The van der Waals surface area contributed by atoms with Crippen molar-refractivity contribution in [1.29, 1.82) is 0 Å². The van der Waals surface area contributed by atoms with Crippen LogP contribution in [0.15, 0.2) is 73.2 Å². The fourth-order valence-electron chi connectivity index (χ4n) is 3.30. The molecule has 35 heavy (non-hydrogen) atoms. The number of aryl methyl sites for hydroxylation is 1. The van der Waals surface area contributed by atoms with Crippen LogP contribution in [-0.2, 0) is 12.8 Å². The number of aromatic nitrogens is 3. The lowest BCUT2D eigenvalue weighted by Gasteiger charge is -2.14. The van der Waals surface area contributed by atoms with Gasteiger partial charge in [-0.25, -0.2) is 9.97 Å². The molecule has 0 spiro atoms. The standard InChI is InChI=1S/C25H20F3N5O2/c1-15-4-5-16(14-34)11-21(15)32-23(35)17-6-8-19(9-7-17)31-24-30-13-20(25(26,27)28)22(33-24)18-3-2-10-29-12-18/h2-13,34H,14H2,1H3,(H,32,35)(H,30,31,33). The maximum Gasteiger partial charge on any atom is 0.419 e. The number of hydrogen-bond donors (Lipinski definition) is 3. The van der Waals surface area contributed by atoms with Crippen LogP contribution in [0.2, 0.25) is 0 Å². The van der Waals surface area contributed by atoms with Crippen LogP contribution in [0.5, 0.6) is 0 Å². The highest BCUT2D eigenvalue weighted by atomic mass is 19.4. The van der Waals surface area contributed by atoms with Crippen LogP contribution in [0.4, 0.5) is 30.5 Å². The van der Waals surface area contributed by atoms with E-state index in [2.05, 4.69) is 25.6 Å². The number of carbonyl (C=O) groups is 1. The van der Waals surface area contributed by atoms with E-state index in [0.29, 0.717) is 22.5 Å². The van der Waals surface area contributed by atoms with Gasteiger partial charge in [0.1, 0.15) is 5.56 Å². The zero-order chi connectivity index (χ0) is 25.0. The first kappa shape index (κ1) is 23.8. The topological polar surface area (TPSA) is 100 Å². The number of carbonyl (C=O) groups excluding carboxylic acids is 1. The van der Waals surface area contributed by atoms with Crippen LogP contribution < -0.4 is 10.6 Å². The number of aliphatic hydroxyl groups is 1. The van der Waals surface area contributed by atoms with Crippen molar-refractivity contribution in [2.45, 2.75) is 19.7 Å². The molecule has 0 saturated carbocycles. The molecule has 3 N–H and O–H groups in total. The molecule has 4 aromatic rings. The van der Waals surface area contributed by atoms with Crippen molar-refractivity contribution in [3.8, 4) is 11.3 Å². The molecular weight excluding hydrogens is 459 g/mol. The van der Waals surface area contributed by atoms with Gasteiger partial charge in [-0.2, -0.15) is 13.2 Å². The molecule has 2 aromatic heterocycles. The maximum atomic E-state index is 13.5. The van der Waals surface area contributed by atoms with E-state index in [0.717, 1.165) is 11.8 Å². The molecule has 0 atom stereocenters. The second-order valence-electron chi connectivity index (χ2n) is 7.66. The molecule has 0 aliphatic carbocycles.